The number of hydrogen-bond donors (Lipinski definition) is 2. The van der Waals surface area contributed by atoms with E-state index in [9.17, 15) is 18.0 Å². The molecule has 124 valence electrons. The minimum Gasteiger partial charge on any atom is -0.484 e. The molecule has 7 heteroatoms. The average Bonchev–Trinajstić information content (AvgIpc) is 2.44. The zero-order valence-corrected chi connectivity index (χ0v) is 12.3. The Morgan fingerprint density at radius 3 is 2.73 bits per heavy atom. The summed E-state index contributed by atoms with van der Waals surface area (Å²) < 4.78 is 40.9. The molecule has 0 fully saturated rings. The third-order valence-corrected chi connectivity index (χ3v) is 3.14. The van der Waals surface area contributed by atoms with Crippen molar-refractivity contribution in [3.05, 3.63) is 29.8 Å². The van der Waals surface area contributed by atoms with Gasteiger partial charge in [-0.3, -0.25) is 4.79 Å². The lowest BCUT2D eigenvalue weighted by atomic mass is 10.0. The fourth-order valence-electron chi connectivity index (χ4n) is 1.92. The van der Waals surface area contributed by atoms with Gasteiger partial charge in [0.1, 0.15) is 5.75 Å². The van der Waals surface area contributed by atoms with Crippen LogP contribution >= 0.6 is 0 Å². The van der Waals surface area contributed by atoms with Crippen LogP contribution in [-0.4, -0.2) is 30.4 Å². The molecule has 0 aliphatic heterocycles. The van der Waals surface area contributed by atoms with Crippen molar-refractivity contribution < 1.29 is 27.8 Å². The number of carbonyl (C=O) groups is 1. The van der Waals surface area contributed by atoms with Gasteiger partial charge in [0.15, 0.2) is 6.61 Å². The molecule has 0 saturated heterocycles. The van der Waals surface area contributed by atoms with E-state index in [0.29, 0.717) is 25.9 Å². The summed E-state index contributed by atoms with van der Waals surface area (Å²) >= 11 is 0. The summed E-state index contributed by atoms with van der Waals surface area (Å²) in [5.41, 5.74) is 0.781. The summed E-state index contributed by atoms with van der Waals surface area (Å²) in [6.45, 7) is 1.47. The van der Waals surface area contributed by atoms with E-state index in [1.807, 2.05) is 6.92 Å². The van der Waals surface area contributed by atoms with E-state index in [1.54, 1.807) is 12.1 Å². The van der Waals surface area contributed by atoms with Gasteiger partial charge in [-0.2, -0.15) is 13.2 Å². The van der Waals surface area contributed by atoms with Crippen LogP contribution in [0.4, 0.5) is 13.2 Å². The zero-order valence-electron chi connectivity index (χ0n) is 12.3. The molecule has 1 aromatic rings. The summed E-state index contributed by atoms with van der Waals surface area (Å²) in [6.07, 6.45) is -3.28. The third-order valence-electron chi connectivity index (χ3n) is 3.14. The van der Waals surface area contributed by atoms with Crippen molar-refractivity contribution in [1.29, 1.82) is 0 Å². The van der Waals surface area contributed by atoms with Gasteiger partial charge in [-0.1, -0.05) is 19.1 Å². The number of rotatable bonds is 9. The van der Waals surface area contributed by atoms with Gasteiger partial charge in [-0.05, 0) is 37.1 Å². The average molecular weight is 319 g/mol. The molecule has 4 nitrogen and oxygen atoms in total. The normalized spacial score (nSPS) is 12.9. The predicted octanol–water partition coefficient (Wildman–Crippen LogP) is 3.22. The van der Waals surface area contributed by atoms with E-state index >= 15 is 0 Å². The number of halogens is 3. The second-order valence-corrected chi connectivity index (χ2v) is 4.96. The molecule has 0 aliphatic rings. The lowest BCUT2D eigenvalue weighted by Crippen LogP contribution is -2.22. The van der Waals surface area contributed by atoms with E-state index in [4.69, 9.17) is 5.11 Å². The first-order valence-corrected chi connectivity index (χ1v) is 7.04. The Hall–Kier alpha value is -1.76. The molecule has 2 N–H and O–H groups in total. The molecule has 0 spiro atoms. The van der Waals surface area contributed by atoms with Crippen molar-refractivity contribution >= 4 is 5.97 Å². The van der Waals surface area contributed by atoms with E-state index in [-0.39, 0.29) is 11.7 Å². The van der Waals surface area contributed by atoms with Gasteiger partial charge < -0.3 is 15.2 Å². The van der Waals surface area contributed by atoms with E-state index in [1.165, 1.54) is 12.1 Å². The SMILES string of the molecule is CCC(CCNCc1cccc(OCC(F)(F)F)c1)C(=O)O. The van der Waals surface area contributed by atoms with Crippen LogP contribution in [0.15, 0.2) is 24.3 Å². The van der Waals surface area contributed by atoms with Crippen LogP contribution in [0.3, 0.4) is 0 Å². The molecule has 0 aliphatic carbocycles. The van der Waals surface area contributed by atoms with Crippen LogP contribution < -0.4 is 10.1 Å². The molecule has 0 heterocycles. The lowest BCUT2D eigenvalue weighted by Gasteiger charge is -2.12. The number of ether oxygens (including phenoxy) is 1. The number of benzene rings is 1. The molecule has 0 radical (unpaired) electrons. The van der Waals surface area contributed by atoms with E-state index in [2.05, 4.69) is 10.1 Å². The summed E-state index contributed by atoms with van der Waals surface area (Å²) in [5.74, 6) is -1.03. The highest BCUT2D eigenvalue weighted by Gasteiger charge is 2.28. The number of alkyl halides is 3. The van der Waals surface area contributed by atoms with Crippen molar-refractivity contribution in [2.45, 2.75) is 32.5 Å². The maximum Gasteiger partial charge on any atom is 0.422 e. The molecular weight excluding hydrogens is 299 g/mol. The van der Waals surface area contributed by atoms with Crippen molar-refractivity contribution in [3.63, 3.8) is 0 Å². The molecule has 0 amide bonds. The van der Waals surface area contributed by atoms with Gasteiger partial charge in [0.2, 0.25) is 0 Å². The standard InChI is InChI=1S/C15H20F3NO3/c1-2-12(14(20)21)6-7-19-9-11-4-3-5-13(8-11)22-10-15(16,17)18/h3-5,8,12,19H,2,6-7,9-10H2,1H3,(H,20,21). The Balaban J connectivity index is 2.39. The second kappa shape index (κ2) is 8.63. The minimum atomic E-state index is -4.36. The third kappa shape index (κ3) is 7.31. The summed E-state index contributed by atoms with van der Waals surface area (Å²) in [4.78, 5) is 10.9. The quantitative estimate of drug-likeness (QED) is 0.686. The van der Waals surface area contributed by atoms with Crippen molar-refractivity contribution in [2.75, 3.05) is 13.2 Å². The molecular formula is C15H20F3NO3. The van der Waals surface area contributed by atoms with Gasteiger partial charge >= 0.3 is 12.1 Å². The van der Waals surface area contributed by atoms with Gasteiger partial charge in [-0.25, -0.2) is 0 Å². The molecule has 22 heavy (non-hydrogen) atoms. The monoisotopic (exact) mass is 319 g/mol. The smallest absolute Gasteiger partial charge is 0.422 e. The van der Waals surface area contributed by atoms with Crippen LogP contribution in [-0.2, 0) is 11.3 Å². The highest BCUT2D eigenvalue weighted by Crippen LogP contribution is 2.19. The summed E-state index contributed by atoms with van der Waals surface area (Å²) in [7, 11) is 0. The molecule has 0 bridgehead atoms. The van der Waals surface area contributed by atoms with Crippen LogP contribution in [0.2, 0.25) is 0 Å². The van der Waals surface area contributed by atoms with Crippen LogP contribution in [0, 0.1) is 5.92 Å². The van der Waals surface area contributed by atoms with E-state index in [0.717, 1.165) is 5.56 Å². The van der Waals surface area contributed by atoms with Crippen LogP contribution in [0.1, 0.15) is 25.3 Å². The summed E-state index contributed by atoms with van der Waals surface area (Å²) in [6, 6.07) is 6.39. The zero-order chi connectivity index (χ0) is 16.6. The predicted molar refractivity (Wildman–Crippen MR) is 75.7 cm³/mol. The molecule has 1 atom stereocenters. The first-order chi connectivity index (χ1) is 10.3. The first-order valence-electron chi connectivity index (χ1n) is 7.04. The Morgan fingerprint density at radius 2 is 2.14 bits per heavy atom. The van der Waals surface area contributed by atoms with E-state index < -0.39 is 18.8 Å². The van der Waals surface area contributed by atoms with Gasteiger partial charge in [-0.15, -0.1) is 0 Å². The lowest BCUT2D eigenvalue weighted by molar-refractivity contribution is -0.153. The maximum atomic E-state index is 12.1. The summed E-state index contributed by atoms with van der Waals surface area (Å²) in [5, 5.41) is 12.0. The largest absolute Gasteiger partial charge is 0.484 e. The fourth-order valence-corrected chi connectivity index (χ4v) is 1.92. The Labute approximate surface area is 127 Å². The number of aliphatic carboxylic acids is 1. The first kappa shape index (κ1) is 18.3. The topological polar surface area (TPSA) is 58.6 Å². The van der Waals surface area contributed by atoms with Crippen molar-refractivity contribution in [1.82, 2.24) is 5.32 Å². The van der Waals surface area contributed by atoms with Crippen LogP contribution in [0.25, 0.3) is 0 Å². The number of nitrogens with one attached hydrogen (secondary N) is 1. The Kier molecular flexibility index (Phi) is 7.17. The van der Waals surface area contributed by atoms with Gasteiger partial charge in [0, 0.05) is 6.54 Å². The molecule has 1 rings (SSSR count). The van der Waals surface area contributed by atoms with Crippen molar-refractivity contribution in [2.24, 2.45) is 5.92 Å². The highest BCUT2D eigenvalue weighted by molar-refractivity contribution is 5.69. The van der Waals surface area contributed by atoms with Gasteiger partial charge in [0.25, 0.3) is 0 Å². The minimum absolute atomic E-state index is 0.161. The number of hydrogen-bond acceptors (Lipinski definition) is 3. The second-order valence-electron chi connectivity index (χ2n) is 4.96. The van der Waals surface area contributed by atoms with Crippen molar-refractivity contribution in [3.8, 4) is 5.75 Å². The highest BCUT2D eigenvalue weighted by atomic mass is 19.4. The molecule has 1 aromatic carbocycles. The molecule has 1 unspecified atom stereocenters. The molecule has 0 saturated carbocycles. The fraction of sp³-hybridized carbons (Fsp3) is 0.533. The van der Waals surface area contributed by atoms with Gasteiger partial charge in [0.05, 0.1) is 5.92 Å². The number of carboxylic acid groups (broad SMARTS) is 1. The Bertz CT molecular complexity index is 477. The number of carboxylic acids is 1. The molecule has 0 aromatic heterocycles. The Morgan fingerprint density at radius 1 is 1.41 bits per heavy atom. The maximum absolute atomic E-state index is 12.1. The van der Waals surface area contributed by atoms with Crippen LogP contribution in [0.5, 0.6) is 5.75 Å².